The molecule has 0 saturated heterocycles. The summed E-state index contributed by atoms with van der Waals surface area (Å²) in [7, 11) is 0. The normalized spacial score (nSPS) is 12.6. The summed E-state index contributed by atoms with van der Waals surface area (Å²) in [6, 6.07) is 6.34. The molecule has 2 rings (SSSR count). The molecule has 0 bridgehead atoms. The largest absolute Gasteiger partial charge is 0.392 e. The van der Waals surface area contributed by atoms with E-state index in [-0.39, 0.29) is 0 Å². The van der Waals surface area contributed by atoms with Gasteiger partial charge in [-0.3, -0.25) is 4.68 Å². The Bertz CT molecular complexity index is 563. The molecule has 0 amide bonds. The molecule has 0 aliphatic carbocycles. The minimum atomic E-state index is -0.420. The fourth-order valence-electron chi connectivity index (χ4n) is 2.33. The summed E-state index contributed by atoms with van der Waals surface area (Å²) < 4.78 is 1.88. The molecule has 0 aliphatic heterocycles. The average molecular weight is 273 g/mol. The Labute approximate surface area is 120 Å². The van der Waals surface area contributed by atoms with Crippen LogP contribution in [0.2, 0.25) is 0 Å². The Morgan fingerprint density at radius 1 is 1.20 bits per heavy atom. The zero-order chi connectivity index (χ0) is 14.5. The number of aliphatic hydroxyl groups is 1. The van der Waals surface area contributed by atoms with E-state index in [2.05, 4.69) is 49.1 Å². The topological polar surface area (TPSA) is 50.9 Å². The van der Waals surface area contributed by atoms with Crippen molar-refractivity contribution in [2.45, 2.75) is 52.7 Å². The summed E-state index contributed by atoms with van der Waals surface area (Å²) in [5, 5.41) is 14.4. The van der Waals surface area contributed by atoms with Crippen molar-refractivity contribution in [3.63, 3.8) is 0 Å². The van der Waals surface area contributed by atoms with Crippen LogP contribution in [0, 0.1) is 13.8 Å². The molecule has 108 valence electrons. The van der Waals surface area contributed by atoms with Crippen molar-refractivity contribution in [2.24, 2.45) is 0 Å². The second-order valence-corrected chi connectivity index (χ2v) is 5.38. The number of hydrogen-bond donors (Lipinski definition) is 1. The van der Waals surface area contributed by atoms with E-state index >= 15 is 0 Å². The van der Waals surface area contributed by atoms with E-state index in [1.807, 2.05) is 4.68 Å². The Balaban J connectivity index is 1.99. The zero-order valence-electron chi connectivity index (χ0n) is 12.5. The van der Waals surface area contributed by atoms with Gasteiger partial charge in [0.05, 0.1) is 6.10 Å². The van der Waals surface area contributed by atoms with Crippen LogP contribution in [-0.4, -0.2) is 26.0 Å². The van der Waals surface area contributed by atoms with Crippen molar-refractivity contribution in [1.82, 2.24) is 14.8 Å². The van der Waals surface area contributed by atoms with Crippen molar-refractivity contribution in [1.29, 1.82) is 0 Å². The van der Waals surface area contributed by atoms with Gasteiger partial charge in [-0.15, -0.1) is 0 Å². The lowest BCUT2D eigenvalue weighted by molar-refractivity contribution is 0.171. The number of aryl methyl sites for hydroxylation is 3. The predicted octanol–water partition coefficient (Wildman–Crippen LogP) is 2.45. The number of benzene rings is 1. The van der Waals surface area contributed by atoms with Crippen molar-refractivity contribution < 1.29 is 5.11 Å². The van der Waals surface area contributed by atoms with Gasteiger partial charge in [0.2, 0.25) is 0 Å². The van der Waals surface area contributed by atoms with Crippen LogP contribution in [-0.2, 0) is 19.4 Å². The van der Waals surface area contributed by atoms with Crippen LogP contribution in [0.25, 0.3) is 0 Å². The maximum atomic E-state index is 10.2. The number of nitrogens with zero attached hydrogens (tertiary/aromatic N) is 3. The summed E-state index contributed by atoms with van der Waals surface area (Å²) in [5.74, 6) is 0.864. The molecule has 0 fully saturated rings. The summed E-state index contributed by atoms with van der Waals surface area (Å²) in [4.78, 5) is 4.24. The second-order valence-electron chi connectivity index (χ2n) is 5.38. The van der Waals surface area contributed by atoms with Crippen LogP contribution >= 0.6 is 0 Å². The van der Waals surface area contributed by atoms with Crippen molar-refractivity contribution in [3.8, 4) is 0 Å². The minimum absolute atomic E-state index is 0.420. The Morgan fingerprint density at radius 3 is 2.70 bits per heavy atom. The van der Waals surface area contributed by atoms with Gasteiger partial charge in [0.25, 0.3) is 0 Å². The van der Waals surface area contributed by atoms with Gasteiger partial charge in [-0.2, -0.15) is 5.10 Å². The zero-order valence-corrected chi connectivity index (χ0v) is 12.5. The first kappa shape index (κ1) is 14.7. The Hall–Kier alpha value is -1.68. The first-order valence-corrected chi connectivity index (χ1v) is 7.21. The highest BCUT2D eigenvalue weighted by molar-refractivity contribution is 5.30. The molecular formula is C16H23N3O. The van der Waals surface area contributed by atoms with Gasteiger partial charge < -0.3 is 5.11 Å². The second kappa shape index (κ2) is 6.66. The number of rotatable bonds is 6. The standard InChI is InChI=1S/C16H23N3O/c1-4-7-19-16(17-11-18-19)10-15(20)9-14-6-5-12(2)13(3)8-14/h5-6,8,11,15,20H,4,7,9-10H2,1-3H3. The summed E-state index contributed by atoms with van der Waals surface area (Å²) in [6.07, 6.45) is 3.36. The molecule has 4 nitrogen and oxygen atoms in total. The average Bonchev–Trinajstić information content (AvgIpc) is 2.82. The van der Waals surface area contributed by atoms with Crippen LogP contribution < -0.4 is 0 Å². The molecule has 1 aromatic heterocycles. The predicted molar refractivity (Wildman–Crippen MR) is 79.6 cm³/mol. The first-order valence-electron chi connectivity index (χ1n) is 7.21. The Kier molecular flexibility index (Phi) is 4.90. The van der Waals surface area contributed by atoms with Gasteiger partial charge in [-0.05, 0) is 43.4 Å². The van der Waals surface area contributed by atoms with Crippen LogP contribution in [0.15, 0.2) is 24.5 Å². The van der Waals surface area contributed by atoms with E-state index in [4.69, 9.17) is 0 Å². The number of aromatic nitrogens is 3. The minimum Gasteiger partial charge on any atom is -0.392 e. The third-order valence-corrected chi connectivity index (χ3v) is 3.59. The molecule has 4 heteroatoms. The highest BCUT2D eigenvalue weighted by Crippen LogP contribution is 2.13. The monoisotopic (exact) mass is 273 g/mol. The molecule has 0 spiro atoms. The smallest absolute Gasteiger partial charge is 0.138 e. The van der Waals surface area contributed by atoms with Gasteiger partial charge in [-0.25, -0.2) is 4.98 Å². The lowest BCUT2D eigenvalue weighted by atomic mass is 10.0. The maximum absolute atomic E-state index is 10.2. The summed E-state index contributed by atoms with van der Waals surface area (Å²) in [6.45, 7) is 7.16. The molecular weight excluding hydrogens is 250 g/mol. The first-order chi connectivity index (χ1) is 9.60. The lowest BCUT2D eigenvalue weighted by Crippen LogP contribution is -2.18. The lowest BCUT2D eigenvalue weighted by Gasteiger charge is -2.12. The highest BCUT2D eigenvalue weighted by atomic mass is 16.3. The van der Waals surface area contributed by atoms with E-state index in [1.165, 1.54) is 16.7 Å². The molecule has 1 aromatic carbocycles. The van der Waals surface area contributed by atoms with Gasteiger partial charge >= 0.3 is 0 Å². The fraction of sp³-hybridized carbons (Fsp3) is 0.500. The van der Waals surface area contributed by atoms with Crippen LogP contribution in [0.4, 0.5) is 0 Å². The van der Waals surface area contributed by atoms with Crippen LogP contribution in [0.3, 0.4) is 0 Å². The molecule has 20 heavy (non-hydrogen) atoms. The van der Waals surface area contributed by atoms with Crippen molar-refractivity contribution in [2.75, 3.05) is 0 Å². The molecule has 1 heterocycles. The van der Waals surface area contributed by atoms with Gasteiger partial charge in [0.15, 0.2) is 0 Å². The molecule has 0 aliphatic rings. The van der Waals surface area contributed by atoms with Gasteiger partial charge in [0, 0.05) is 13.0 Å². The van der Waals surface area contributed by atoms with E-state index in [0.717, 1.165) is 18.8 Å². The van der Waals surface area contributed by atoms with Crippen molar-refractivity contribution >= 4 is 0 Å². The van der Waals surface area contributed by atoms with Crippen LogP contribution in [0.5, 0.6) is 0 Å². The molecule has 1 atom stereocenters. The number of aliphatic hydroxyl groups excluding tert-OH is 1. The molecule has 0 saturated carbocycles. The quantitative estimate of drug-likeness (QED) is 0.879. The highest BCUT2D eigenvalue weighted by Gasteiger charge is 2.12. The van der Waals surface area contributed by atoms with Gasteiger partial charge in [-0.1, -0.05) is 25.1 Å². The van der Waals surface area contributed by atoms with E-state index in [0.29, 0.717) is 12.8 Å². The fourth-order valence-corrected chi connectivity index (χ4v) is 2.33. The SMILES string of the molecule is CCCn1ncnc1CC(O)Cc1ccc(C)c(C)c1. The van der Waals surface area contributed by atoms with E-state index in [1.54, 1.807) is 6.33 Å². The van der Waals surface area contributed by atoms with Crippen LogP contribution in [0.1, 0.15) is 35.9 Å². The summed E-state index contributed by atoms with van der Waals surface area (Å²) in [5.41, 5.74) is 3.72. The molecule has 0 radical (unpaired) electrons. The third kappa shape index (κ3) is 3.67. The summed E-state index contributed by atoms with van der Waals surface area (Å²) >= 11 is 0. The maximum Gasteiger partial charge on any atom is 0.138 e. The van der Waals surface area contributed by atoms with E-state index in [9.17, 15) is 5.11 Å². The van der Waals surface area contributed by atoms with E-state index < -0.39 is 6.10 Å². The third-order valence-electron chi connectivity index (χ3n) is 3.59. The molecule has 1 unspecified atom stereocenters. The number of hydrogen-bond acceptors (Lipinski definition) is 3. The molecule has 2 aromatic rings. The van der Waals surface area contributed by atoms with Gasteiger partial charge in [0.1, 0.15) is 12.2 Å². The molecule has 1 N–H and O–H groups in total. The van der Waals surface area contributed by atoms with Crippen molar-refractivity contribution in [3.05, 3.63) is 47.0 Å². The Morgan fingerprint density at radius 2 is 2.00 bits per heavy atom.